The van der Waals surface area contributed by atoms with Crippen LogP contribution in [0.1, 0.15) is 22.7 Å². The van der Waals surface area contributed by atoms with Crippen LogP contribution >= 0.6 is 11.6 Å². The van der Waals surface area contributed by atoms with Crippen LogP contribution in [0, 0.1) is 18.6 Å². The zero-order valence-corrected chi connectivity index (χ0v) is 12.1. The quantitative estimate of drug-likeness (QED) is 0.880. The second kappa shape index (κ2) is 6.33. The number of halogens is 3. The molecule has 0 fully saturated rings. The molecule has 0 bridgehead atoms. The average molecular weight is 296 g/mol. The molecule has 2 aromatic rings. The van der Waals surface area contributed by atoms with Gasteiger partial charge in [-0.25, -0.2) is 8.78 Å². The summed E-state index contributed by atoms with van der Waals surface area (Å²) in [5.41, 5.74) is 2.83. The average Bonchev–Trinajstić information content (AvgIpc) is 2.38. The normalized spacial score (nSPS) is 12.4. The maximum absolute atomic E-state index is 13.2. The molecule has 1 N–H and O–H groups in total. The minimum Gasteiger partial charge on any atom is -0.313 e. The molecule has 0 saturated heterocycles. The van der Waals surface area contributed by atoms with Crippen LogP contribution in [-0.4, -0.2) is 7.05 Å². The van der Waals surface area contributed by atoms with Crippen molar-refractivity contribution in [1.82, 2.24) is 5.32 Å². The molecule has 0 amide bonds. The molecule has 0 aliphatic heterocycles. The topological polar surface area (TPSA) is 12.0 Å². The molecule has 0 aromatic heterocycles. The van der Waals surface area contributed by atoms with Crippen molar-refractivity contribution in [3.63, 3.8) is 0 Å². The van der Waals surface area contributed by atoms with Crippen molar-refractivity contribution < 1.29 is 8.78 Å². The second-order valence-corrected chi connectivity index (χ2v) is 5.29. The van der Waals surface area contributed by atoms with Gasteiger partial charge in [0.2, 0.25) is 0 Å². The van der Waals surface area contributed by atoms with E-state index in [-0.39, 0.29) is 6.04 Å². The van der Waals surface area contributed by atoms with Gasteiger partial charge in [0, 0.05) is 11.1 Å². The molecular formula is C16H16ClF2N. The molecule has 1 atom stereocenters. The van der Waals surface area contributed by atoms with Crippen LogP contribution in [0.5, 0.6) is 0 Å². The minimum atomic E-state index is -0.826. The van der Waals surface area contributed by atoms with Gasteiger partial charge in [-0.15, -0.1) is 0 Å². The highest BCUT2D eigenvalue weighted by Gasteiger charge is 2.13. The Morgan fingerprint density at radius 1 is 1.10 bits per heavy atom. The molecule has 1 nitrogen and oxygen atoms in total. The van der Waals surface area contributed by atoms with E-state index in [1.807, 2.05) is 32.2 Å². The maximum Gasteiger partial charge on any atom is 0.159 e. The summed E-state index contributed by atoms with van der Waals surface area (Å²) in [6.07, 6.45) is 0.563. The first-order valence-electron chi connectivity index (χ1n) is 6.38. The molecule has 4 heteroatoms. The van der Waals surface area contributed by atoms with Crippen LogP contribution in [0.2, 0.25) is 5.02 Å². The fourth-order valence-electron chi connectivity index (χ4n) is 2.25. The SMILES string of the molecule is CNC(Cc1ccc(F)c(F)c1)c1cc(C)cc(Cl)c1. The van der Waals surface area contributed by atoms with Crippen molar-refractivity contribution in [2.24, 2.45) is 0 Å². The first-order chi connectivity index (χ1) is 9.49. The van der Waals surface area contributed by atoms with E-state index in [1.54, 1.807) is 6.07 Å². The number of nitrogens with one attached hydrogen (secondary N) is 1. The molecule has 2 aromatic carbocycles. The zero-order valence-electron chi connectivity index (χ0n) is 11.4. The third kappa shape index (κ3) is 3.56. The third-order valence-corrected chi connectivity index (χ3v) is 3.46. The fraction of sp³-hybridized carbons (Fsp3) is 0.250. The maximum atomic E-state index is 13.2. The Labute approximate surface area is 122 Å². The fourth-order valence-corrected chi connectivity index (χ4v) is 2.55. The van der Waals surface area contributed by atoms with E-state index in [0.717, 1.165) is 22.8 Å². The molecule has 0 aliphatic rings. The molecule has 0 saturated carbocycles. The lowest BCUT2D eigenvalue weighted by Gasteiger charge is -2.18. The number of likely N-dealkylation sites (N-methyl/N-ethyl adjacent to an activating group) is 1. The summed E-state index contributed by atoms with van der Waals surface area (Å²) in [5, 5.41) is 3.85. The Hall–Kier alpha value is -1.45. The number of benzene rings is 2. The largest absolute Gasteiger partial charge is 0.313 e. The highest BCUT2D eigenvalue weighted by atomic mass is 35.5. The van der Waals surface area contributed by atoms with Gasteiger partial charge in [0.25, 0.3) is 0 Å². The summed E-state index contributed by atoms with van der Waals surface area (Å²) in [6.45, 7) is 1.97. The van der Waals surface area contributed by atoms with Crippen LogP contribution in [0.4, 0.5) is 8.78 Å². The number of aryl methyl sites for hydroxylation is 1. The van der Waals surface area contributed by atoms with Gasteiger partial charge >= 0.3 is 0 Å². The summed E-state index contributed by atoms with van der Waals surface area (Å²) < 4.78 is 26.2. The molecule has 0 aliphatic carbocycles. The van der Waals surface area contributed by atoms with Gasteiger partial charge in [0.1, 0.15) is 0 Å². The third-order valence-electron chi connectivity index (χ3n) is 3.24. The van der Waals surface area contributed by atoms with Crippen LogP contribution in [0.3, 0.4) is 0 Å². The van der Waals surface area contributed by atoms with E-state index >= 15 is 0 Å². The number of hydrogen-bond donors (Lipinski definition) is 1. The molecule has 106 valence electrons. The summed E-state index contributed by atoms with van der Waals surface area (Å²) >= 11 is 6.06. The van der Waals surface area contributed by atoms with Gasteiger partial charge in [0.15, 0.2) is 11.6 Å². The van der Waals surface area contributed by atoms with Crippen molar-refractivity contribution in [2.75, 3.05) is 7.05 Å². The summed E-state index contributed by atoms with van der Waals surface area (Å²) in [6, 6.07) is 9.78. The van der Waals surface area contributed by atoms with Crippen LogP contribution in [-0.2, 0) is 6.42 Å². The Bertz CT molecular complexity index is 593. The van der Waals surface area contributed by atoms with Gasteiger partial charge in [0.05, 0.1) is 0 Å². The highest BCUT2D eigenvalue weighted by Crippen LogP contribution is 2.23. The molecule has 20 heavy (non-hydrogen) atoms. The Morgan fingerprint density at radius 2 is 1.85 bits per heavy atom. The van der Waals surface area contributed by atoms with E-state index in [0.29, 0.717) is 11.4 Å². The zero-order chi connectivity index (χ0) is 14.7. The standard InChI is InChI=1S/C16H16ClF2N/c1-10-5-12(9-13(17)6-10)16(20-2)8-11-3-4-14(18)15(19)7-11/h3-7,9,16,20H,8H2,1-2H3. The summed E-state index contributed by atoms with van der Waals surface area (Å²) in [5.74, 6) is -1.65. The molecule has 0 spiro atoms. The van der Waals surface area contributed by atoms with Crippen molar-refractivity contribution >= 4 is 11.6 Å². The molecule has 2 rings (SSSR count). The highest BCUT2D eigenvalue weighted by molar-refractivity contribution is 6.30. The Balaban J connectivity index is 2.26. The smallest absolute Gasteiger partial charge is 0.159 e. The predicted octanol–water partition coefficient (Wildman–Crippen LogP) is 4.43. The molecule has 0 radical (unpaired) electrons. The molecular weight excluding hydrogens is 280 g/mol. The van der Waals surface area contributed by atoms with E-state index in [4.69, 9.17) is 11.6 Å². The lowest BCUT2D eigenvalue weighted by molar-refractivity contribution is 0.504. The van der Waals surface area contributed by atoms with E-state index in [9.17, 15) is 8.78 Å². The van der Waals surface area contributed by atoms with E-state index in [1.165, 1.54) is 6.07 Å². The van der Waals surface area contributed by atoms with E-state index in [2.05, 4.69) is 5.32 Å². The van der Waals surface area contributed by atoms with Crippen molar-refractivity contribution in [1.29, 1.82) is 0 Å². The van der Waals surface area contributed by atoms with Gasteiger partial charge < -0.3 is 5.32 Å². The lowest BCUT2D eigenvalue weighted by Crippen LogP contribution is -2.19. The van der Waals surface area contributed by atoms with Crippen LogP contribution < -0.4 is 5.32 Å². The van der Waals surface area contributed by atoms with Crippen LogP contribution in [0.15, 0.2) is 36.4 Å². The lowest BCUT2D eigenvalue weighted by atomic mass is 9.97. The number of hydrogen-bond acceptors (Lipinski definition) is 1. The van der Waals surface area contributed by atoms with E-state index < -0.39 is 11.6 Å². The van der Waals surface area contributed by atoms with Gasteiger partial charge in [-0.05, 0) is 61.3 Å². The minimum absolute atomic E-state index is 0.00254. The molecule has 1 unspecified atom stereocenters. The van der Waals surface area contributed by atoms with Gasteiger partial charge in [-0.1, -0.05) is 23.7 Å². The predicted molar refractivity (Wildman–Crippen MR) is 78.1 cm³/mol. The Morgan fingerprint density at radius 3 is 2.45 bits per heavy atom. The first kappa shape index (κ1) is 14.9. The Kier molecular flexibility index (Phi) is 4.73. The van der Waals surface area contributed by atoms with Crippen molar-refractivity contribution in [3.05, 3.63) is 69.7 Å². The number of rotatable bonds is 4. The van der Waals surface area contributed by atoms with Crippen LogP contribution in [0.25, 0.3) is 0 Å². The summed E-state index contributed by atoms with van der Waals surface area (Å²) in [7, 11) is 1.83. The van der Waals surface area contributed by atoms with Crippen molar-refractivity contribution in [2.45, 2.75) is 19.4 Å². The summed E-state index contributed by atoms with van der Waals surface area (Å²) in [4.78, 5) is 0. The molecule has 0 heterocycles. The monoisotopic (exact) mass is 295 g/mol. The second-order valence-electron chi connectivity index (χ2n) is 4.86. The first-order valence-corrected chi connectivity index (χ1v) is 6.75. The van der Waals surface area contributed by atoms with Crippen molar-refractivity contribution in [3.8, 4) is 0 Å². The van der Waals surface area contributed by atoms with Gasteiger partial charge in [-0.3, -0.25) is 0 Å². The van der Waals surface area contributed by atoms with Gasteiger partial charge in [-0.2, -0.15) is 0 Å².